The minimum Gasteiger partial charge on any atom is -0.482 e. The van der Waals surface area contributed by atoms with Crippen LogP contribution < -0.4 is 9.64 Å². The van der Waals surface area contributed by atoms with Crippen LogP contribution in [-0.4, -0.2) is 25.1 Å². The first-order valence-corrected chi connectivity index (χ1v) is 10.9. The fourth-order valence-electron chi connectivity index (χ4n) is 2.94. The van der Waals surface area contributed by atoms with Crippen molar-refractivity contribution in [2.24, 2.45) is 0 Å². The summed E-state index contributed by atoms with van der Waals surface area (Å²) in [4.78, 5) is 26.6. The summed E-state index contributed by atoms with van der Waals surface area (Å²) in [6, 6.07) is 18.5. The van der Waals surface area contributed by atoms with E-state index in [0.29, 0.717) is 37.6 Å². The van der Waals surface area contributed by atoms with Gasteiger partial charge in [-0.05, 0) is 55.5 Å². The van der Waals surface area contributed by atoms with Crippen molar-refractivity contribution in [3.8, 4) is 5.75 Å². The summed E-state index contributed by atoms with van der Waals surface area (Å²) in [5.74, 6) is -0.381. The molecule has 32 heavy (non-hydrogen) atoms. The van der Waals surface area contributed by atoms with Gasteiger partial charge in [0, 0.05) is 21.3 Å². The lowest BCUT2D eigenvalue weighted by molar-refractivity contribution is -0.120. The molecule has 0 radical (unpaired) electrons. The zero-order valence-electron chi connectivity index (χ0n) is 17.2. The Kier molecular flexibility index (Phi) is 8.39. The maximum Gasteiger partial charge on any atom is 0.338 e. The lowest BCUT2D eigenvalue weighted by Gasteiger charge is -2.24. The highest BCUT2D eigenvalue weighted by molar-refractivity contribution is 6.36. The van der Waals surface area contributed by atoms with E-state index in [1.807, 2.05) is 0 Å². The van der Waals surface area contributed by atoms with Crippen molar-refractivity contribution < 1.29 is 19.1 Å². The monoisotopic (exact) mass is 491 g/mol. The Bertz CT molecular complexity index is 1080. The smallest absolute Gasteiger partial charge is 0.338 e. The molecule has 166 valence electrons. The molecule has 0 aliphatic carbocycles. The lowest BCUT2D eigenvalue weighted by Crippen LogP contribution is -2.34. The van der Waals surface area contributed by atoms with Crippen molar-refractivity contribution in [3.63, 3.8) is 0 Å². The van der Waals surface area contributed by atoms with Crippen molar-refractivity contribution in [2.75, 3.05) is 18.1 Å². The van der Waals surface area contributed by atoms with E-state index in [2.05, 4.69) is 0 Å². The average molecular weight is 493 g/mol. The first-order chi connectivity index (χ1) is 15.4. The Balaban J connectivity index is 1.87. The molecule has 1 amide bonds. The van der Waals surface area contributed by atoms with Gasteiger partial charge in [-0.2, -0.15) is 0 Å². The van der Waals surface area contributed by atoms with Gasteiger partial charge in [0.15, 0.2) is 6.61 Å². The number of halogens is 3. The minimum atomic E-state index is -0.437. The summed E-state index contributed by atoms with van der Waals surface area (Å²) in [5.41, 5.74) is 1.52. The summed E-state index contributed by atoms with van der Waals surface area (Å²) in [6.07, 6.45) is 0. The number of hydrogen-bond acceptors (Lipinski definition) is 4. The summed E-state index contributed by atoms with van der Waals surface area (Å²) in [5, 5.41) is 1.27. The summed E-state index contributed by atoms with van der Waals surface area (Å²) in [6.45, 7) is 1.86. The second kappa shape index (κ2) is 11.2. The van der Waals surface area contributed by atoms with Crippen LogP contribution in [0, 0.1) is 0 Å². The van der Waals surface area contributed by atoms with E-state index in [1.54, 1.807) is 73.7 Å². The molecule has 0 unspecified atom stereocenters. The zero-order chi connectivity index (χ0) is 23.1. The van der Waals surface area contributed by atoms with Gasteiger partial charge in [0.25, 0.3) is 5.91 Å². The number of esters is 1. The van der Waals surface area contributed by atoms with Gasteiger partial charge in [-0.15, -0.1) is 0 Å². The van der Waals surface area contributed by atoms with Crippen molar-refractivity contribution in [2.45, 2.75) is 13.5 Å². The number of benzene rings is 3. The van der Waals surface area contributed by atoms with E-state index >= 15 is 0 Å². The number of hydrogen-bond donors (Lipinski definition) is 0. The third-order valence-corrected chi connectivity index (χ3v) is 5.58. The molecule has 0 saturated carbocycles. The normalized spacial score (nSPS) is 10.5. The van der Waals surface area contributed by atoms with Crippen LogP contribution in [0.4, 0.5) is 5.69 Å². The molecule has 3 aromatic rings. The first kappa shape index (κ1) is 23.9. The van der Waals surface area contributed by atoms with Gasteiger partial charge in [0.1, 0.15) is 5.75 Å². The summed E-state index contributed by atoms with van der Waals surface area (Å²) >= 11 is 18.8. The molecule has 5 nitrogen and oxygen atoms in total. The Hall–Kier alpha value is -2.73. The van der Waals surface area contributed by atoms with Gasteiger partial charge in [0.05, 0.1) is 23.7 Å². The van der Waals surface area contributed by atoms with Gasteiger partial charge < -0.3 is 14.4 Å². The van der Waals surface area contributed by atoms with E-state index in [-0.39, 0.29) is 25.7 Å². The number of anilines is 1. The Labute approximate surface area is 201 Å². The Morgan fingerprint density at radius 1 is 0.844 bits per heavy atom. The van der Waals surface area contributed by atoms with Crippen LogP contribution >= 0.6 is 34.8 Å². The Morgan fingerprint density at radius 3 is 2.09 bits per heavy atom. The third-order valence-electron chi connectivity index (χ3n) is 4.56. The van der Waals surface area contributed by atoms with Gasteiger partial charge in [-0.3, -0.25) is 4.79 Å². The molecule has 0 spiro atoms. The molecule has 0 N–H and O–H groups in total. The number of ether oxygens (including phenoxy) is 2. The van der Waals surface area contributed by atoms with Gasteiger partial charge in [-0.1, -0.05) is 53.0 Å². The highest BCUT2D eigenvalue weighted by atomic mass is 35.5. The zero-order valence-corrected chi connectivity index (χ0v) is 19.5. The van der Waals surface area contributed by atoms with Crippen LogP contribution in [0.5, 0.6) is 5.75 Å². The van der Waals surface area contributed by atoms with Gasteiger partial charge in [0.2, 0.25) is 0 Å². The molecule has 3 rings (SSSR count). The summed E-state index contributed by atoms with van der Waals surface area (Å²) in [7, 11) is 0. The van der Waals surface area contributed by atoms with Crippen LogP contribution in [0.1, 0.15) is 22.8 Å². The minimum absolute atomic E-state index is 0.113. The SMILES string of the molecule is CCOC(=O)c1ccc(N(Cc2c(Cl)cccc2Cl)C(=O)COc2ccccc2Cl)cc1. The number of para-hydroxylation sites is 1. The van der Waals surface area contributed by atoms with Crippen LogP contribution in [0.2, 0.25) is 15.1 Å². The van der Waals surface area contributed by atoms with Crippen LogP contribution in [0.3, 0.4) is 0 Å². The van der Waals surface area contributed by atoms with E-state index in [4.69, 9.17) is 44.3 Å². The fourth-order valence-corrected chi connectivity index (χ4v) is 3.64. The van der Waals surface area contributed by atoms with Gasteiger partial charge in [-0.25, -0.2) is 4.79 Å². The van der Waals surface area contributed by atoms with Crippen molar-refractivity contribution in [1.29, 1.82) is 0 Å². The molecule has 8 heteroatoms. The van der Waals surface area contributed by atoms with E-state index in [1.165, 1.54) is 4.90 Å². The second-order valence-corrected chi connectivity index (χ2v) is 7.89. The molecule has 0 aliphatic heterocycles. The number of nitrogens with zero attached hydrogens (tertiary/aromatic N) is 1. The second-order valence-electron chi connectivity index (χ2n) is 6.67. The molecule has 0 aromatic heterocycles. The predicted octanol–water partition coefficient (Wildman–Crippen LogP) is 6.44. The number of carbonyl (C=O) groups excluding carboxylic acids is 2. The number of rotatable bonds is 8. The highest BCUT2D eigenvalue weighted by Gasteiger charge is 2.21. The van der Waals surface area contributed by atoms with E-state index < -0.39 is 5.97 Å². The molecule has 3 aromatic carbocycles. The first-order valence-electron chi connectivity index (χ1n) is 9.78. The van der Waals surface area contributed by atoms with E-state index in [9.17, 15) is 9.59 Å². The van der Waals surface area contributed by atoms with Crippen LogP contribution in [0.25, 0.3) is 0 Å². The van der Waals surface area contributed by atoms with Crippen molar-refractivity contribution in [1.82, 2.24) is 0 Å². The highest BCUT2D eigenvalue weighted by Crippen LogP contribution is 2.29. The Morgan fingerprint density at radius 2 is 1.47 bits per heavy atom. The predicted molar refractivity (Wildman–Crippen MR) is 127 cm³/mol. The number of amides is 1. The molecule has 0 saturated heterocycles. The maximum absolute atomic E-state index is 13.2. The third kappa shape index (κ3) is 5.94. The molecular formula is C24H20Cl3NO4. The maximum atomic E-state index is 13.2. The van der Waals surface area contributed by atoms with Gasteiger partial charge >= 0.3 is 5.97 Å². The van der Waals surface area contributed by atoms with E-state index in [0.717, 1.165) is 0 Å². The average Bonchev–Trinajstić information content (AvgIpc) is 2.78. The standard InChI is InChI=1S/C24H20Cl3NO4/c1-2-31-24(30)16-10-12-17(13-11-16)28(14-18-19(25)7-5-8-20(18)26)23(29)15-32-22-9-4-3-6-21(22)27/h3-13H,2,14-15H2,1H3. The topological polar surface area (TPSA) is 55.8 Å². The van der Waals surface area contributed by atoms with Crippen LogP contribution in [-0.2, 0) is 16.1 Å². The fraction of sp³-hybridized carbons (Fsp3) is 0.167. The molecule has 0 fully saturated rings. The number of carbonyl (C=O) groups is 2. The van der Waals surface area contributed by atoms with Crippen LogP contribution in [0.15, 0.2) is 66.7 Å². The van der Waals surface area contributed by atoms with Crippen molar-refractivity contribution in [3.05, 3.63) is 92.9 Å². The molecule has 0 bridgehead atoms. The summed E-state index contributed by atoms with van der Waals surface area (Å²) < 4.78 is 10.6. The quantitative estimate of drug-likeness (QED) is 0.340. The molecule has 0 heterocycles. The lowest BCUT2D eigenvalue weighted by atomic mass is 10.1. The largest absolute Gasteiger partial charge is 0.482 e. The van der Waals surface area contributed by atoms with Crippen molar-refractivity contribution >= 4 is 52.4 Å². The molecule has 0 aliphatic rings. The molecular weight excluding hydrogens is 473 g/mol. The molecule has 0 atom stereocenters.